The van der Waals surface area contributed by atoms with Crippen LogP contribution < -0.4 is 0 Å². The molecular formula is C19H24N4O. The van der Waals surface area contributed by atoms with Crippen LogP contribution in [0.1, 0.15) is 26.0 Å². The number of rotatable bonds is 8. The van der Waals surface area contributed by atoms with Crippen LogP contribution in [0, 0.1) is 0 Å². The minimum Gasteiger partial charge on any atom is -0.454 e. The Hall–Kier alpha value is -2.82. The average molecular weight is 324 g/mol. The molecule has 0 bridgehead atoms. The highest BCUT2D eigenvalue weighted by atomic mass is 16.3. The van der Waals surface area contributed by atoms with Gasteiger partial charge in [-0.2, -0.15) is 5.10 Å². The number of furan rings is 1. The van der Waals surface area contributed by atoms with Crippen molar-refractivity contribution in [2.75, 3.05) is 13.6 Å². The van der Waals surface area contributed by atoms with Crippen molar-refractivity contribution in [3.05, 3.63) is 60.9 Å². The molecule has 0 aliphatic rings. The number of hydrazone groups is 1. The van der Waals surface area contributed by atoms with Crippen molar-refractivity contribution in [3.63, 3.8) is 0 Å². The maximum atomic E-state index is 5.90. The van der Waals surface area contributed by atoms with E-state index in [0.29, 0.717) is 11.5 Å². The maximum absolute atomic E-state index is 5.90. The van der Waals surface area contributed by atoms with Crippen molar-refractivity contribution in [1.82, 2.24) is 14.9 Å². The number of hydrogen-bond acceptors (Lipinski definition) is 5. The van der Waals surface area contributed by atoms with Gasteiger partial charge in [0.2, 0.25) is 0 Å². The van der Waals surface area contributed by atoms with E-state index in [9.17, 15) is 0 Å². The van der Waals surface area contributed by atoms with Crippen LogP contribution in [0.3, 0.4) is 0 Å². The van der Waals surface area contributed by atoms with Gasteiger partial charge in [0.15, 0.2) is 5.76 Å². The molecule has 0 unspecified atom stereocenters. The monoisotopic (exact) mass is 324 g/mol. The highest BCUT2D eigenvalue weighted by Gasteiger charge is 2.16. The molecule has 0 aromatic carbocycles. The molecule has 2 aromatic heterocycles. The first-order valence-corrected chi connectivity index (χ1v) is 7.95. The fourth-order valence-electron chi connectivity index (χ4n) is 2.41. The van der Waals surface area contributed by atoms with Gasteiger partial charge in [0.1, 0.15) is 11.3 Å². The molecule has 0 fully saturated rings. The van der Waals surface area contributed by atoms with Gasteiger partial charge in [-0.3, -0.25) is 4.98 Å². The first kappa shape index (κ1) is 17.5. The quantitative estimate of drug-likeness (QED) is 0.408. The lowest BCUT2D eigenvalue weighted by atomic mass is 10.2. The van der Waals surface area contributed by atoms with Gasteiger partial charge >= 0.3 is 0 Å². The summed E-state index contributed by atoms with van der Waals surface area (Å²) >= 11 is 0. The Morgan fingerprint density at radius 1 is 1.46 bits per heavy atom. The molecule has 5 nitrogen and oxygen atoms in total. The van der Waals surface area contributed by atoms with Crippen LogP contribution in [-0.2, 0) is 0 Å². The fraction of sp³-hybridized carbons (Fsp3) is 0.263. The van der Waals surface area contributed by atoms with E-state index >= 15 is 0 Å². The molecule has 126 valence electrons. The second-order valence-electron chi connectivity index (χ2n) is 5.44. The normalized spacial score (nSPS) is 11.9. The van der Waals surface area contributed by atoms with Crippen molar-refractivity contribution < 1.29 is 4.42 Å². The van der Waals surface area contributed by atoms with Crippen LogP contribution in [0.4, 0.5) is 0 Å². The summed E-state index contributed by atoms with van der Waals surface area (Å²) in [7, 11) is 2.03. The summed E-state index contributed by atoms with van der Waals surface area (Å²) in [5.74, 6) is 0.698. The average Bonchev–Trinajstić information content (AvgIpc) is 3.01. The molecule has 0 amide bonds. The fourth-order valence-corrected chi connectivity index (χ4v) is 2.41. The van der Waals surface area contributed by atoms with E-state index in [4.69, 9.17) is 4.42 Å². The lowest BCUT2D eigenvalue weighted by molar-refractivity contribution is 0.450. The largest absolute Gasteiger partial charge is 0.454 e. The molecular weight excluding hydrogens is 300 g/mol. The Balaban J connectivity index is 2.26. The van der Waals surface area contributed by atoms with Gasteiger partial charge in [-0.1, -0.05) is 19.6 Å². The third-order valence-corrected chi connectivity index (χ3v) is 3.58. The SMILES string of the molecule is C=NN(C(=C)/C=C\N(C)CCC)/C(=C\C)c1cc2cnccc2o1. The number of fused-ring (bicyclic) bond motifs is 1. The topological polar surface area (TPSA) is 44.9 Å². The van der Waals surface area contributed by atoms with E-state index in [0.717, 1.165) is 29.6 Å². The van der Waals surface area contributed by atoms with Crippen molar-refractivity contribution in [2.45, 2.75) is 20.3 Å². The molecule has 0 atom stereocenters. The minimum atomic E-state index is 0.698. The number of hydrogen-bond donors (Lipinski definition) is 0. The Bertz CT molecular complexity index is 740. The number of allylic oxidation sites excluding steroid dienone is 2. The highest BCUT2D eigenvalue weighted by Crippen LogP contribution is 2.28. The van der Waals surface area contributed by atoms with Gasteiger partial charge in [0, 0.05) is 44.3 Å². The summed E-state index contributed by atoms with van der Waals surface area (Å²) in [5.41, 5.74) is 2.28. The molecule has 2 rings (SSSR count). The molecule has 0 aliphatic heterocycles. The summed E-state index contributed by atoms with van der Waals surface area (Å²) < 4.78 is 5.90. The second-order valence-corrected chi connectivity index (χ2v) is 5.44. The zero-order valence-electron chi connectivity index (χ0n) is 14.6. The van der Waals surface area contributed by atoms with Gasteiger partial charge in [-0.05, 0) is 31.6 Å². The summed E-state index contributed by atoms with van der Waals surface area (Å²) in [6.45, 7) is 12.8. The zero-order chi connectivity index (χ0) is 17.5. The lowest BCUT2D eigenvalue weighted by Gasteiger charge is -2.21. The van der Waals surface area contributed by atoms with E-state index in [1.54, 1.807) is 17.4 Å². The Labute approximate surface area is 143 Å². The molecule has 2 heterocycles. The van der Waals surface area contributed by atoms with Gasteiger partial charge in [0.25, 0.3) is 0 Å². The molecule has 5 heteroatoms. The summed E-state index contributed by atoms with van der Waals surface area (Å²) in [6, 6.07) is 3.78. The van der Waals surface area contributed by atoms with Crippen LogP contribution in [0.25, 0.3) is 16.7 Å². The van der Waals surface area contributed by atoms with Crippen LogP contribution in [0.5, 0.6) is 0 Å². The van der Waals surface area contributed by atoms with Crippen molar-refractivity contribution in [1.29, 1.82) is 0 Å². The maximum Gasteiger partial charge on any atom is 0.153 e. The van der Waals surface area contributed by atoms with Gasteiger partial charge in [-0.25, -0.2) is 5.01 Å². The number of nitrogens with zero attached hydrogens (tertiary/aromatic N) is 4. The van der Waals surface area contributed by atoms with Crippen LogP contribution >= 0.6 is 0 Å². The predicted octanol–water partition coefficient (Wildman–Crippen LogP) is 4.48. The third kappa shape index (κ3) is 3.93. The Morgan fingerprint density at radius 2 is 2.25 bits per heavy atom. The molecule has 0 radical (unpaired) electrons. The first-order chi connectivity index (χ1) is 11.6. The van der Waals surface area contributed by atoms with Gasteiger partial charge < -0.3 is 9.32 Å². The molecule has 0 N–H and O–H groups in total. The zero-order valence-corrected chi connectivity index (χ0v) is 14.6. The summed E-state index contributed by atoms with van der Waals surface area (Å²) in [6.07, 6.45) is 10.4. The van der Waals surface area contributed by atoms with E-state index < -0.39 is 0 Å². The predicted molar refractivity (Wildman–Crippen MR) is 100 cm³/mol. The van der Waals surface area contributed by atoms with Crippen LogP contribution in [0.2, 0.25) is 0 Å². The molecule has 0 saturated carbocycles. The lowest BCUT2D eigenvalue weighted by Crippen LogP contribution is -2.15. The first-order valence-electron chi connectivity index (χ1n) is 7.95. The van der Waals surface area contributed by atoms with E-state index in [1.807, 2.05) is 44.5 Å². The number of pyridine rings is 1. The smallest absolute Gasteiger partial charge is 0.153 e. The van der Waals surface area contributed by atoms with Crippen LogP contribution in [-0.4, -0.2) is 35.2 Å². The molecule has 2 aromatic rings. The minimum absolute atomic E-state index is 0.698. The Morgan fingerprint density at radius 3 is 2.88 bits per heavy atom. The molecule has 0 saturated heterocycles. The van der Waals surface area contributed by atoms with E-state index in [1.165, 1.54) is 0 Å². The number of aromatic nitrogens is 1. The van der Waals surface area contributed by atoms with Crippen molar-refractivity contribution in [2.24, 2.45) is 5.10 Å². The van der Waals surface area contributed by atoms with Gasteiger partial charge in [-0.15, -0.1) is 0 Å². The van der Waals surface area contributed by atoms with E-state index in [2.05, 4.69) is 35.2 Å². The third-order valence-electron chi connectivity index (χ3n) is 3.58. The molecule has 0 aliphatic carbocycles. The second kappa shape index (κ2) is 8.15. The summed E-state index contributed by atoms with van der Waals surface area (Å²) in [5, 5.41) is 6.71. The van der Waals surface area contributed by atoms with Crippen molar-refractivity contribution >= 4 is 23.4 Å². The summed E-state index contributed by atoms with van der Waals surface area (Å²) in [4.78, 5) is 6.22. The molecule has 24 heavy (non-hydrogen) atoms. The van der Waals surface area contributed by atoms with Crippen LogP contribution in [0.15, 0.2) is 64.7 Å². The highest BCUT2D eigenvalue weighted by molar-refractivity contribution is 5.81. The van der Waals surface area contributed by atoms with Gasteiger partial charge in [0.05, 0.1) is 5.70 Å². The standard InChI is InChI=1S/C19H24N4O/c1-6-11-22(5)12-9-15(3)23(20-4)17(7-2)19-13-16-14-21-10-8-18(16)24-19/h7-10,12-14H,3-4,6,11H2,1-2,5H3/b12-9-,17-7-. The van der Waals surface area contributed by atoms with Crippen molar-refractivity contribution in [3.8, 4) is 0 Å². The molecule has 0 spiro atoms. The Kier molecular flexibility index (Phi) is 5.95. The van der Waals surface area contributed by atoms with E-state index in [-0.39, 0.29) is 0 Å².